The second kappa shape index (κ2) is 14.3. The summed E-state index contributed by atoms with van der Waals surface area (Å²) in [6.45, 7) is 7.79. The van der Waals surface area contributed by atoms with Gasteiger partial charge in [-0.25, -0.2) is 4.98 Å². The fraction of sp³-hybridized carbons (Fsp3) is 0.429. The van der Waals surface area contributed by atoms with E-state index >= 15 is 0 Å². The molecule has 2 aromatic rings. The molecule has 1 unspecified atom stereocenters. The number of guanidine groups is 1. The average molecular weight is 481 g/mol. The van der Waals surface area contributed by atoms with E-state index in [0.29, 0.717) is 5.92 Å². The molecule has 0 amide bonds. The molecule has 0 radical (unpaired) electrons. The molecule has 0 spiro atoms. The number of unbranched alkanes of at least 4 members (excludes halogenated alkanes) is 1. The van der Waals surface area contributed by atoms with Crippen LogP contribution in [0.15, 0.2) is 59.7 Å². The maximum Gasteiger partial charge on any atom is 0.191 e. The first kappa shape index (κ1) is 23.2. The molecule has 27 heavy (non-hydrogen) atoms. The van der Waals surface area contributed by atoms with Crippen molar-refractivity contribution in [1.82, 2.24) is 15.6 Å². The number of pyridine rings is 1. The molecule has 0 aliphatic rings. The SMILES string of the molecule is CCNC(=NCC(C)c1ccccc1)NCCCCNc1ccccn1.I. The summed E-state index contributed by atoms with van der Waals surface area (Å²) in [6.07, 6.45) is 3.97. The number of anilines is 1. The second-order valence-corrected chi connectivity index (χ2v) is 6.31. The molecule has 0 fully saturated rings. The molecule has 5 nitrogen and oxygen atoms in total. The largest absolute Gasteiger partial charge is 0.370 e. The van der Waals surface area contributed by atoms with Gasteiger partial charge in [-0.15, -0.1) is 24.0 Å². The van der Waals surface area contributed by atoms with Crippen molar-refractivity contribution < 1.29 is 0 Å². The molecule has 1 heterocycles. The molecule has 0 aliphatic heterocycles. The van der Waals surface area contributed by atoms with E-state index in [1.165, 1.54) is 5.56 Å². The van der Waals surface area contributed by atoms with Gasteiger partial charge in [-0.1, -0.05) is 43.3 Å². The van der Waals surface area contributed by atoms with Crippen molar-refractivity contribution >= 4 is 35.8 Å². The van der Waals surface area contributed by atoms with Crippen LogP contribution in [0.1, 0.15) is 38.2 Å². The number of nitrogens with one attached hydrogen (secondary N) is 3. The minimum Gasteiger partial charge on any atom is -0.370 e. The highest BCUT2D eigenvalue weighted by molar-refractivity contribution is 14.0. The van der Waals surface area contributed by atoms with Gasteiger partial charge < -0.3 is 16.0 Å². The summed E-state index contributed by atoms with van der Waals surface area (Å²) in [4.78, 5) is 8.98. The Labute approximate surface area is 180 Å². The Kier molecular flexibility index (Phi) is 12.3. The number of rotatable bonds is 10. The Morgan fingerprint density at radius 3 is 2.44 bits per heavy atom. The highest BCUT2D eigenvalue weighted by Gasteiger charge is 2.04. The number of benzene rings is 1. The van der Waals surface area contributed by atoms with Gasteiger partial charge >= 0.3 is 0 Å². The lowest BCUT2D eigenvalue weighted by Gasteiger charge is -2.14. The average Bonchev–Trinajstić information content (AvgIpc) is 2.69. The van der Waals surface area contributed by atoms with Crippen molar-refractivity contribution in [1.29, 1.82) is 0 Å². The van der Waals surface area contributed by atoms with Crippen molar-refractivity contribution in [3.05, 3.63) is 60.3 Å². The van der Waals surface area contributed by atoms with Crippen LogP contribution in [0.5, 0.6) is 0 Å². The zero-order valence-corrected chi connectivity index (χ0v) is 18.6. The number of halogens is 1. The summed E-state index contributed by atoms with van der Waals surface area (Å²) < 4.78 is 0. The number of aliphatic imine (C=N–C) groups is 1. The van der Waals surface area contributed by atoms with Gasteiger partial charge in [0.2, 0.25) is 0 Å². The minimum atomic E-state index is 0. The van der Waals surface area contributed by atoms with Crippen LogP contribution in [0, 0.1) is 0 Å². The van der Waals surface area contributed by atoms with E-state index in [-0.39, 0.29) is 24.0 Å². The standard InChI is InChI=1S/C21H31N5.HI/c1-3-22-21(26-17-18(2)19-11-5-4-6-12-19)25-16-10-9-15-24-20-13-7-8-14-23-20;/h4-8,11-14,18H,3,9-10,15-17H2,1-2H3,(H,23,24)(H2,22,25,26);1H. The molecule has 3 N–H and O–H groups in total. The molecule has 0 saturated carbocycles. The third kappa shape index (κ3) is 9.60. The van der Waals surface area contributed by atoms with Gasteiger partial charge in [0.05, 0.1) is 0 Å². The van der Waals surface area contributed by atoms with Crippen LogP contribution in [0.4, 0.5) is 5.82 Å². The zero-order valence-electron chi connectivity index (χ0n) is 16.3. The summed E-state index contributed by atoms with van der Waals surface area (Å²) in [5.74, 6) is 2.24. The number of hydrogen-bond acceptors (Lipinski definition) is 3. The molecule has 0 aliphatic carbocycles. The molecular weight excluding hydrogens is 449 g/mol. The van der Waals surface area contributed by atoms with Gasteiger partial charge in [0, 0.05) is 38.3 Å². The summed E-state index contributed by atoms with van der Waals surface area (Å²) in [7, 11) is 0. The lowest BCUT2D eigenvalue weighted by Crippen LogP contribution is -2.38. The van der Waals surface area contributed by atoms with Gasteiger partial charge in [0.25, 0.3) is 0 Å². The molecule has 0 bridgehead atoms. The van der Waals surface area contributed by atoms with Crippen LogP contribution in [0.3, 0.4) is 0 Å². The van der Waals surface area contributed by atoms with Crippen molar-refractivity contribution in [2.75, 3.05) is 31.5 Å². The summed E-state index contributed by atoms with van der Waals surface area (Å²) in [5.41, 5.74) is 1.33. The first-order valence-electron chi connectivity index (χ1n) is 9.51. The molecular formula is C21H32IN5. The van der Waals surface area contributed by atoms with Gasteiger partial charge in [0.15, 0.2) is 5.96 Å². The third-order valence-corrected chi connectivity index (χ3v) is 4.10. The number of hydrogen-bond donors (Lipinski definition) is 3. The topological polar surface area (TPSA) is 61.3 Å². The predicted molar refractivity (Wildman–Crippen MR) is 126 cm³/mol. The van der Waals surface area contributed by atoms with Crippen molar-refractivity contribution in [2.24, 2.45) is 4.99 Å². The smallest absolute Gasteiger partial charge is 0.191 e. The molecule has 6 heteroatoms. The van der Waals surface area contributed by atoms with Crippen LogP contribution >= 0.6 is 24.0 Å². The van der Waals surface area contributed by atoms with Gasteiger partial charge in [-0.3, -0.25) is 4.99 Å². The molecule has 148 valence electrons. The lowest BCUT2D eigenvalue weighted by atomic mass is 10.0. The van der Waals surface area contributed by atoms with Crippen LogP contribution in [-0.4, -0.2) is 37.1 Å². The normalized spacial score (nSPS) is 12.0. The summed E-state index contributed by atoms with van der Waals surface area (Å²) in [5, 5.41) is 10.1. The first-order chi connectivity index (χ1) is 12.8. The van der Waals surface area contributed by atoms with Gasteiger partial charge in [0.1, 0.15) is 5.82 Å². The molecule has 0 saturated heterocycles. The maximum absolute atomic E-state index is 4.72. The zero-order chi connectivity index (χ0) is 18.5. The molecule has 1 aromatic carbocycles. The van der Waals surface area contributed by atoms with Gasteiger partial charge in [-0.05, 0) is 37.5 Å². The Morgan fingerprint density at radius 2 is 1.74 bits per heavy atom. The Bertz CT molecular complexity index is 634. The lowest BCUT2D eigenvalue weighted by molar-refractivity contribution is 0.703. The van der Waals surface area contributed by atoms with Crippen LogP contribution in [0.2, 0.25) is 0 Å². The Balaban J connectivity index is 0.00000364. The number of nitrogens with zero attached hydrogens (tertiary/aromatic N) is 2. The van der Waals surface area contributed by atoms with Gasteiger partial charge in [-0.2, -0.15) is 0 Å². The van der Waals surface area contributed by atoms with E-state index in [1.807, 2.05) is 24.3 Å². The van der Waals surface area contributed by atoms with Crippen LogP contribution < -0.4 is 16.0 Å². The monoisotopic (exact) mass is 481 g/mol. The van der Waals surface area contributed by atoms with E-state index in [4.69, 9.17) is 4.99 Å². The summed E-state index contributed by atoms with van der Waals surface area (Å²) in [6, 6.07) is 16.4. The van der Waals surface area contributed by atoms with E-state index in [1.54, 1.807) is 6.20 Å². The van der Waals surface area contributed by atoms with E-state index in [2.05, 4.69) is 59.0 Å². The highest BCUT2D eigenvalue weighted by Crippen LogP contribution is 2.14. The fourth-order valence-corrected chi connectivity index (χ4v) is 2.60. The second-order valence-electron chi connectivity index (χ2n) is 6.31. The first-order valence-corrected chi connectivity index (χ1v) is 9.51. The van der Waals surface area contributed by atoms with Crippen molar-refractivity contribution in [3.63, 3.8) is 0 Å². The summed E-state index contributed by atoms with van der Waals surface area (Å²) >= 11 is 0. The third-order valence-electron chi connectivity index (χ3n) is 4.10. The number of aromatic nitrogens is 1. The van der Waals surface area contributed by atoms with E-state index < -0.39 is 0 Å². The predicted octanol–water partition coefficient (Wildman–Crippen LogP) is 4.25. The Morgan fingerprint density at radius 1 is 1.00 bits per heavy atom. The van der Waals surface area contributed by atoms with Crippen molar-refractivity contribution in [2.45, 2.75) is 32.6 Å². The molecule has 2 rings (SSSR count). The fourth-order valence-electron chi connectivity index (χ4n) is 2.60. The molecule has 1 atom stereocenters. The van der Waals surface area contributed by atoms with Crippen LogP contribution in [-0.2, 0) is 0 Å². The van der Waals surface area contributed by atoms with Crippen LogP contribution in [0.25, 0.3) is 0 Å². The quantitative estimate of drug-likeness (QED) is 0.206. The van der Waals surface area contributed by atoms with Crippen molar-refractivity contribution in [3.8, 4) is 0 Å². The Hall–Kier alpha value is -1.83. The highest BCUT2D eigenvalue weighted by atomic mass is 127. The maximum atomic E-state index is 4.72. The minimum absolute atomic E-state index is 0. The van der Waals surface area contributed by atoms with E-state index in [0.717, 1.165) is 50.8 Å². The van der Waals surface area contributed by atoms with E-state index in [9.17, 15) is 0 Å². The molecule has 1 aromatic heterocycles.